The maximum Gasteiger partial charge on any atom is 0.229 e. The fraction of sp³-hybridized carbons (Fsp3) is 0.536. The van der Waals surface area contributed by atoms with E-state index in [0.717, 1.165) is 56.8 Å². The van der Waals surface area contributed by atoms with Crippen molar-refractivity contribution in [2.45, 2.75) is 70.4 Å². The molecule has 2 fully saturated rings. The summed E-state index contributed by atoms with van der Waals surface area (Å²) in [6, 6.07) is 15.2. The third-order valence-corrected chi connectivity index (χ3v) is 7.79. The second kappa shape index (κ2) is 12.6. The van der Waals surface area contributed by atoms with Crippen LogP contribution < -0.4 is 14.8 Å². The Balaban J connectivity index is 1.16. The van der Waals surface area contributed by atoms with Gasteiger partial charge in [0.05, 0.1) is 6.26 Å². The lowest BCUT2D eigenvalue weighted by atomic mass is 9.86. The normalized spacial score (nSPS) is 18.0. The van der Waals surface area contributed by atoms with Crippen LogP contribution in [0.3, 0.4) is 0 Å². The Labute approximate surface area is 215 Å². The van der Waals surface area contributed by atoms with Gasteiger partial charge in [-0.2, -0.15) is 0 Å². The van der Waals surface area contributed by atoms with Crippen molar-refractivity contribution < 1.29 is 17.9 Å². The van der Waals surface area contributed by atoms with Crippen molar-refractivity contribution in [2.24, 2.45) is 5.92 Å². The summed E-state index contributed by atoms with van der Waals surface area (Å²) in [6.45, 7) is 2.86. The number of rotatable bonds is 10. The van der Waals surface area contributed by atoms with E-state index in [2.05, 4.69) is 27.1 Å². The van der Waals surface area contributed by atoms with Crippen molar-refractivity contribution in [2.75, 3.05) is 24.1 Å². The van der Waals surface area contributed by atoms with Gasteiger partial charge in [-0.05, 0) is 67.1 Å². The van der Waals surface area contributed by atoms with Gasteiger partial charge < -0.3 is 10.1 Å². The van der Waals surface area contributed by atoms with E-state index in [1.54, 1.807) is 24.3 Å². The number of carbonyl (C=O) groups excluding carboxylic acids is 1. The van der Waals surface area contributed by atoms with Crippen LogP contribution in [-0.2, 0) is 21.4 Å². The SMILES string of the molecule is CS(=O)(=O)Nc1ccc(Oc2ccc(CN3CCC(NC(=O)CCC4CCCCC4)CC3)cc2)cc1. The van der Waals surface area contributed by atoms with Crippen LogP contribution in [0.4, 0.5) is 5.69 Å². The summed E-state index contributed by atoms with van der Waals surface area (Å²) >= 11 is 0. The van der Waals surface area contributed by atoms with Crippen LogP contribution in [0.25, 0.3) is 0 Å². The molecular formula is C28H39N3O4S. The number of carbonyl (C=O) groups is 1. The van der Waals surface area contributed by atoms with Crippen LogP contribution in [-0.4, -0.2) is 44.6 Å². The Hall–Kier alpha value is -2.58. The molecule has 1 aliphatic heterocycles. The molecule has 1 saturated heterocycles. The van der Waals surface area contributed by atoms with Crippen LogP contribution in [0.1, 0.15) is 63.4 Å². The average molecular weight is 514 g/mol. The Morgan fingerprint density at radius 1 is 0.917 bits per heavy atom. The van der Waals surface area contributed by atoms with Gasteiger partial charge in [0.25, 0.3) is 0 Å². The van der Waals surface area contributed by atoms with Gasteiger partial charge in [0, 0.05) is 37.8 Å². The molecular weight excluding hydrogens is 474 g/mol. The molecule has 0 aromatic heterocycles. The lowest BCUT2D eigenvalue weighted by Gasteiger charge is -2.32. The number of nitrogens with zero attached hydrogens (tertiary/aromatic N) is 1. The zero-order valence-electron chi connectivity index (χ0n) is 21.2. The largest absolute Gasteiger partial charge is 0.457 e. The molecule has 1 heterocycles. The fourth-order valence-electron chi connectivity index (χ4n) is 5.21. The number of ether oxygens (including phenoxy) is 1. The number of hydrogen-bond donors (Lipinski definition) is 2. The van der Waals surface area contributed by atoms with E-state index in [1.165, 1.54) is 37.7 Å². The average Bonchev–Trinajstić information content (AvgIpc) is 2.86. The zero-order valence-corrected chi connectivity index (χ0v) is 22.1. The van der Waals surface area contributed by atoms with Gasteiger partial charge in [-0.3, -0.25) is 14.4 Å². The molecule has 2 aromatic carbocycles. The molecule has 0 bridgehead atoms. The predicted octanol–water partition coefficient (Wildman–Crippen LogP) is 5.29. The molecule has 2 aliphatic rings. The van der Waals surface area contributed by atoms with Gasteiger partial charge in [0.1, 0.15) is 11.5 Å². The van der Waals surface area contributed by atoms with Crippen LogP contribution in [0.15, 0.2) is 48.5 Å². The van der Waals surface area contributed by atoms with Gasteiger partial charge in [-0.15, -0.1) is 0 Å². The molecule has 7 nitrogen and oxygen atoms in total. The fourth-order valence-corrected chi connectivity index (χ4v) is 5.77. The zero-order chi connectivity index (χ0) is 25.4. The Kier molecular flexibility index (Phi) is 9.26. The van der Waals surface area contributed by atoms with Crippen LogP contribution >= 0.6 is 0 Å². The van der Waals surface area contributed by atoms with Crippen LogP contribution in [0, 0.1) is 5.92 Å². The van der Waals surface area contributed by atoms with Gasteiger partial charge in [-0.25, -0.2) is 8.42 Å². The molecule has 2 aromatic rings. The lowest BCUT2D eigenvalue weighted by Crippen LogP contribution is -2.44. The molecule has 8 heteroatoms. The van der Waals surface area contributed by atoms with E-state index in [0.29, 0.717) is 23.9 Å². The minimum atomic E-state index is -3.29. The molecule has 1 saturated carbocycles. The molecule has 0 spiro atoms. The number of likely N-dealkylation sites (tertiary alicyclic amines) is 1. The third kappa shape index (κ3) is 8.82. The molecule has 0 unspecified atom stereocenters. The highest BCUT2D eigenvalue weighted by atomic mass is 32.2. The second-order valence-electron chi connectivity index (χ2n) is 10.3. The molecule has 0 atom stereocenters. The summed E-state index contributed by atoms with van der Waals surface area (Å²) in [5, 5.41) is 3.27. The standard InChI is InChI=1S/C28H39N3O4S/c1-36(33,34)30-25-10-14-27(15-11-25)35-26-12-7-23(8-13-26)21-31-19-17-24(18-20-31)29-28(32)16-9-22-5-3-2-4-6-22/h7-8,10-15,22,24,30H,2-6,9,16-21H2,1H3,(H,29,32). The van der Waals surface area contributed by atoms with E-state index in [9.17, 15) is 13.2 Å². The summed E-state index contributed by atoms with van der Waals surface area (Å²) in [5.74, 6) is 2.37. The minimum absolute atomic E-state index is 0.232. The minimum Gasteiger partial charge on any atom is -0.457 e. The number of hydrogen-bond acceptors (Lipinski definition) is 5. The number of amides is 1. The maximum absolute atomic E-state index is 12.4. The van der Waals surface area contributed by atoms with Gasteiger partial charge in [-0.1, -0.05) is 44.2 Å². The van der Waals surface area contributed by atoms with Crippen LogP contribution in [0.5, 0.6) is 11.5 Å². The number of anilines is 1. The Bertz CT molecular complexity index is 1070. The third-order valence-electron chi connectivity index (χ3n) is 7.18. The quantitative estimate of drug-likeness (QED) is 0.451. The first-order chi connectivity index (χ1) is 17.3. The molecule has 196 valence electrons. The monoisotopic (exact) mass is 513 g/mol. The van der Waals surface area contributed by atoms with Crippen molar-refractivity contribution in [1.29, 1.82) is 0 Å². The predicted molar refractivity (Wildman–Crippen MR) is 144 cm³/mol. The van der Waals surface area contributed by atoms with Crippen molar-refractivity contribution in [3.8, 4) is 11.5 Å². The van der Waals surface area contributed by atoms with Gasteiger partial charge >= 0.3 is 0 Å². The van der Waals surface area contributed by atoms with Crippen molar-refractivity contribution >= 4 is 21.6 Å². The smallest absolute Gasteiger partial charge is 0.229 e. The number of nitrogens with one attached hydrogen (secondary N) is 2. The van der Waals surface area contributed by atoms with E-state index < -0.39 is 10.0 Å². The number of benzene rings is 2. The highest BCUT2D eigenvalue weighted by molar-refractivity contribution is 7.92. The van der Waals surface area contributed by atoms with E-state index >= 15 is 0 Å². The summed E-state index contributed by atoms with van der Waals surface area (Å²) in [6.07, 6.45) is 11.5. The molecule has 4 rings (SSSR count). The molecule has 1 aliphatic carbocycles. The van der Waals surface area contributed by atoms with Crippen molar-refractivity contribution in [3.63, 3.8) is 0 Å². The van der Waals surface area contributed by atoms with Gasteiger partial charge in [0.2, 0.25) is 15.9 Å². The topological polar surface area (TPSA) is 87.7 Å². The second-order valence-corrected chi connectivity index (χ2v) is 12.1. The highest BCUT2D eigenvalue weighted by Crippen LogP contribution is 2.27. The van der Waals surface area contributed by atoms with E-state index in [-0.39, 0.29) is 5.91 Å². The first-order valence-electron chi connectivity index (χ1n) is 13.2. The first kappa shape index (κ1) is 26.5. The summed E-state index contributed by atoms with van der Waals surface area (Å²) in [4.78, 5) is 14.8. The molecule has 36 heavy (non-hydrogen) atoms. The summed E-state index contributed by atoms with van der Waals surface area (Å²) in [5.41, 5.74) is 1.73. The van der Waals surface area contributed by atoms with Crippen molar-refractivity contribution in [1.82, 2.24) is 10.2 Å². The molecule has 0 radical (unpaired) electrons. The first-order valence-corrected chi connectivity index (χ1v) is 15.1. The van der Waals surface area contributed by atoms with E-state index in [4.69, 9.17) is 4.74 Å². The highest BCUT2D eigenvalue weighted by Gasteiger charge is 2.21. The van der Waals surface area contributed by atoms with E-state index in [1.807, 2.05) is 12.1 Å². The summed E-state index contributed by atoms with van der Waals surface area (Å²) in [7, 11) is -3.29. The van der Waals surface area contributed by atoms with Crippen LogP contribution in [0.2, 0.25) is 0 Å². The Morgan fingerprint density at radius 3 is 2.14 bits per heavy atom. The molecule has 1 amide bonds. The maximum atomic E-state index is 12.4. The number of sulfonamides is 1. The Morgan fingerprint density at radius 2 is 1.53 bits per heavy atom. The van der Waals surface area contributed by atoms with Gasteiger partial charge in [0.15, 0.2) is 0 Å². The number of piperidine rings is 1. The van der Waals surface area contributed by atoms with Crippen molar-refractivity contribution in [3.05, 3.63) is 54.1 Å². The molecule has 2 N–H and O–H groups in total. The summed E-state index contributed by atoms with van der Waals surface area (Å²) < 4.78 is 31.0. The lowest BCUT2D eigenvalue weighted by molar-refractivity contribution is -0.122.